The molecule has 7 heteroatoms. The average molecular weight is 382 g/mol. The monoisotopic (exact) mass is 382 g/mol. The van der Waals surface area contributed by atoms with Gasteiger partial charge < -0.3 is 9.32 Å². The molecule has 0 spiro atoms. The van der Waals surface area contributed by atoms with E-state index in [1.54, 1.807) is 36.3 Å². The fourth-order valence-electron chi connectivity index (χ4n) is 3.79. The highest BCUT2D eigenvalue weighted by atomic mass is 19.1. The fourth-order valence-corrected chi connectivity index (χ4v) is 3.79. The molecule has 3 aromatic rings. The Kier molecular flexibility index (Phi) is 4.75. The number of piperidine rings is 1. The molecular weight excluding hydrogens is 359 g/mol. The third kappa shape index (κ3) is 3.69. The van der Waals surface area contributed by atoms with Gasteiger partial charge in [0, 0.05) is 32.8 Å². The predicted molar refractivity (Wildman–Crippen MR) is 101 cm³/mol. The van der Waals surface area contributed by atoms with E-state index in [9.17, 15) is 9.18 Å². The van der Waals surface area contributed by atoms with Crippen molar-refractivity contribution in [2.75, 3.05) is 13.1 Å². The first-order chi connectivity index (χ1) is 13.4. The highest BCUT2D eigenvalue weighted by molar-refractivity contribution is 5.92. The standard InChI is InChI=1S/C21H23FN4O2/c1-21(8-4-9-26(14-21)19(27)18-7-10-25(2)24-18)20-23-13-17(28-20)12-15-5-3-6-16(22)11-15/h3,5-7,10-11,13H,4,8-9,12,14H2,1-2H3/t21-/m0/s1. The second-order valence-corrected chi connectivity index (χ2v) is 7.70. The van der Waals surface area contributed by atoms with Crippen LogP contribution in [0, 0.1) is 5.82 Å². The smallest absolute Gasteiger partial charge is 0.274 e. The van der Waals surface area contributed by atoms with Crippen LogP contribution in [0.3, 0.4) is 0 Å². The summed E-state index contributed by atoms with van der Waals surface area (Å²) in [5, 5.41) is 4.22. The lowest BCUT2D eigenvalue weighted by Crippen LogP contribution is -2.47. The maximum Gasteiger partial charge on any atom is 0.274 e. The quantitative estimate of drug-likeness (QED) is 0.694. The SMILES string of the molecule is Cn1ccc(C(=O)N2CCC[C@](C)(c3ncc(Cc4cccc(F)c4)o3)C2)n1. The highest BCUT2D eigenvalue weighted by Crippen LogP contribution is 2.34. The van der Waals surface area contributed by atoms with E-state index in [0.29, 0.717) is 36.9 Å². The summed E-state index contributed by atoms with van der Waals surface area (Å²) in [5.41, 5.74) is 0.928. The van der Waals surface area contributed by atoms with Crippen molar-refractivity contribution in [2.45, 2.75) is 31.6 Å². The van der Waals surface area contributed by atoms with Crippen molar-refractivity contribution in [1.29, 1.82) is 0 Å². The molecule has 0 unspecified atom stereocenters. The van der Waals surface area contributed by atoms with Gasteiger partial charge in [0.2, 0.25) is 5.89 Å². The van der Waals surface area contributed by atoms with E-state index in [2.05, 4.69) is 17.0 Å². The van der Waals surface area contributed by atoms with Crippen LogP contribution in [-0.2, 0) is 18.9 Å². The van der Waals surface area contributed by atoms with E-state index < -0.39 is 0 Å². The van der Waals surface area contributed by atoms with Crippen LogP contribution in [0.5, 0.6) is 0 Å². The molecule has 1 aliphatic heterocycles. The van der Waals surface area contributed by atoms with Crippen molar-refractivity contribution in [2.24, 2.45) is 7.05 Å². The molecule has 3 heterocycles. The van der Waals surface area contributed by atoms with Crippen LogP contribution in [0.2, 0.25) is 0 Å². The average Bonchev–Trinajstić information content (AvgIpc) is 3.31. The number of rotatable bonds is 4. The zero-order chi connectivity index (χ0) is 19.7. The topological polar surface area (TPSA) is 64.2 Å². The van der Waals surface area contributed by atoms with Crippen molar-refractivity contribution in [3.05, 3.63) is 71.5 Å². The Morgan fingerprint density at radius 3 is 2.96 bits per heavy atom. The molecule has 146 valence electrons. The summed E-state index contributed by atoms with van der Waals surface area (Å²) in [4.78, 5) is 19.1. The van der Waals surface area contributed by atoms with Crippen LogP contribution in [0.1, 0.15) is 47.5 Å². The van der Waals surface area contributed by atoms with Crippen molar-refractivity contribution >= 4 is 5.91 Å². The number of benzene rings is 1. The molecule has 2 aromatic heterocycles. The molecule has 4 rings (SSSR count). The fraction of sp³-hybridized carbons (Fsp3) is 0.381. The number of nitrogens with zero attached hydrogens (tertiary/aromatic N) is 4. The molecule has 1 aliphatic rings. The Hall–Kier alpha value is -2.96. The van der Waals surface area contributed by atoms with Crippen LogP contribution in [0.25, 0.3) is 0 Å². The number of aromatic nitrogens is 3. The van der Waals surface area contributed by atoms with E-state index in [0.717, 1.165) is 18.4 Å². The van der Waals surface area contributed by atoms with Gasteiger partial charge in [-0.05, 0) is 43.5 Å². The summed E-state index contributed by atoms with van der Waals surface area (Å²) in [6, 6.07) is 8.20. The Balaban J connectivity index is 1.50. The number of likely N-dealkylation sites (tertiary alicyclic amines) is 1. The van der Waals surface area contributed by atoms with Gasteiger partial charge in [-0.15, -0.1) is 0 Å². The first-order valence-electron chi connectivity index (χ1n) is 9.41. The minimum absolute atomic E-state index is 0.0712. The third-order valence-corrected chi connectivity index (χ3v) is 5.25. The Bertz CT molecular complexity index is 996. The number of hydrogen-bond acceptors (Lipinski definition) is 4. The first-order valence-corrected chi connectivity index (χ1v) is 9.41. The summed E-state index contributed by atoms with van der Waals surface area (Å²) in [7, 11) is 1.80. The summed E-state index contributed by atoms with van der Waals surface area (Å²) >= 11 is 0. The van der Waals surface area contributed by atoms with Crippen molar-refractivity contribution in [1.82, 2.24) is 19.7 Å². The number of oxazole rings is 1. The van der Waals surface area contributed by atoms with Gasteiger partial charge in [-0.1, -0.05) is 12.1 Å². The minimum Gasteiger partial charge on any atom is -0.445 e. The summed E-state index contributed by atoms with van der Waals surface area (Å²) in [5.74, 6) is 0.977. The lowest BCUT2D eigenvalue weighted by atomic mass is 9.81. The van der Waals surface area contributed by atoms with Gasteiger partial charge >= 0.3 is 0 Å². The maximum absolute atomic E-state index is 13.4. The van der Waals surface area contributed by atoms with Crippen LogP contribution < -0.4 is 0 Å². The van der Waals surface area contributed by atoms with Gasteiger partial charge in [-0.3, -0.25) is 9.48 Å². The zero-order valence-corrected chi connectivity index (χ0v) is 16.1. The second kappa shape index (κ2) is 7.22. The van der Waals surface area contributed by atoms with E-state index >= 15 is 0 Å². The molecule has 1 atom stereocenters. The molecule has 0 saturated carbocycles. The number of carbonyl (C=O) groups is 1. The Morgan fingerprint density at radius 1 is 1.36 bits per heavy atom. The van der Waals surface area contributed by atoms with E-state index in [1.807, 2.05) is 11.0 Å². The van der Waals surface area contributed by atoms with E-state index in [1.165, 1.54) is 12.1 Å². The van der Waals surface area contributed by atoms with E-state index in [4.69, 9.17) is 4.42 Å². The number of hydrogen-bond donors (Lipinski definition) is 0. The molecule has 6 nitrogen and oxygen atoms in total. The lowest BCUT2D eigenvalue weighted by Gasteiger charge is -2.38. The maximum atomic E-state index is 13.4. The van der Waals surface area contributed by atoms with Gasteiger partial charge in [0.15, 0.2) is 0 Å². The molecule has 1 aromatic carbocycles. The minimum atomic E-state index is -0.358. The predicted octanol–water partition coefficient (Wildman–Crippen LogP) is 3.33. The van der Waals surface area contributed by atoms with Gasteiger partial charge in [-0.25, -0.2) is 9.37 Å². The number of carbonyl (C=O) groups excluding carboxylic acids is 1. The van der Waals surface area contributed by atoms with E-state index in [-0.39, 0.29) is 17.1 Å². The second-order valence-electron chi connectivity index (χ2n) is 7.70. The van der Waals surface area contributed by atoms with Gasteiger partial charge in [0.05, 0.1) is 11.6 Å². The first kappa shape index (κ1) is 18.4. The number of halogens is 1. The van der Waals surface area contributed by atoms with Crippen LogP contribution in [0.4, 0.5) is 4.39 Å². The summed E-state index contributed by atoms with van der Waals surface area (Å²) in [6.07, 6.45) is 5.71. The molecule has 0 N–H and O–H groups in total. The lowest BCUT2D eigenvalue weighted by molar-refractivity contribution is 0.0619. The zero-order valence-electron chi connectivity index (χ0n) is 16.1. The number of aryl methyl sites for hydroxylation is 1. The molecular formula is C21H23FN4O2. The molecule has 1 fully saturated rings. The van der Waals surface area contributed by atoms with Crippen molar-refractivity contribution in [3.63, 3.8) is 0 Å². The van der Waals surface area contributed by atoms with Crippen molar-refractivity contribution < 1.29 is 13.6 Å². The van der Waals surface area contributed by atoms with Crippen LogP contribution in [-0.4, -0.2) is 38.7 Å². The summed E-state index contributed by atoms with van der Waals surface area (Å²) < 4.78 is 21.0. The highest BCUT2D eigenvalue weighted by Gasteiger charge is 2.39. The molecule has 0 radical (unpaired) electrons. The van der Waals surface area contributed by atoms with Gasteiger partial charge in [0.25, 0.3) is 5.91 Å². The summed E-state index contributed by atoms with van der Waals surface area (Å²) in [6.45, 7) is 3.30. The molecule has 0 aliphatic carbocycles. The Morgan fingerprint density at radius 2 is 2.21 bits per heavy atom. The largest absolute Gasteiger partial charge is 0.445 e. The molecule has 1 amide bonds. The molecule has 28 heavy (non-hydrogen) atoms. The number of amides is 1. The third-order valence-electron chi connectivity index (χ3n) is 5.25. The van der Waals surface area contributed by atoms with Gasteiger partial charge in [0.1, 0.15) is 17.3 Å². The molecule has 0 bridgehead atoms. The van der Waals surface area contributed by atoms with Crippen LogP contribution >= 0.6 is 0 Å². The normalized spacial score (nSPS) is 19.8. The Labute approximate surface area is 163 Å². The van der Waals surface area contributed by atoms with Crippen molar-refractivity contribution in [3.8, 4) is 0 Å². The molecule has 1 saturated heterocycles. The van der Waals surface area contributed by atoms with Crippen LogP contribution in [0.15, 0.2) is 47.1 Å². The van der Waals surface area contributed by atoms with Gasteiger partial charge in [-0.2, -0.15) is 5.10 Å².